The third-order valence-corrected chi connectivity index (χ3v) is 2.64. The molecule has 0 saturated carbocycles. The number of hydrogen-bond acceptors (Lipinski definition) is 4. The van der Waals surface area contributed by atoms with Gasteiger partial charge in [-0.3, -0.25) is 0 Å². The van der Waals surface area contributed by atoms with Crippen LogP contribution in [0.15, 0.2) is 63.9 Å². The Morgan fingerprint density at radius 3 is 2.24 bits per heavy atom. The summed E-state index contributed by atoms with van der Waals surface area (Å²) in [7, 11) is 0. The first kappa shape index (κ1) is 11.5. The second-order valence-corrected chi connectivity index (χ2v) is 4.00. The van der Waals surface area contributed by atoms with Crippen LogP contribution in [-0.2, 0) is 4.79 Å². The first-order chi connectivity index (χ1) is 8.38. The molecule has 0 aromatic heterocycles. The van der Waals surface area contributed by atoms with Gasteiger partial charge < -0.3 is 4.74 Å². The summed E-state index contributed by atoms with van der Waals surface area (Å²) in [6, 6.07) is 16.9. The van der Waals surface area contributed by atoms with Crippen molar-refractivity contribution in [1.29, 1.82) is 0 Å². The zero-order valence-electron chi connectivity index (χ0n) is 8.87. The summed E-state index contributed by atoms with van der Waals surface area (Å²) in [6.45, 7) is 0. The molecule has 0 aliphatic heterocycles. The van der Waals surface area contributed by atoms with Crippen LogP contribution in [0, 0.1) is 0 Å². The highest BCUT2D eigenvalue weighted by Crippen LogP contribution is 2.25. The van der Waals surface area contributed by atoms with Gasteiger partial charge in [-0.15, -0.1) is 4.40 Å². The number of rotatable bonds is 4. The second-order valence-electron chi connectivity index (χ2n) is 3.16. The molecule has 2 aromatic carbocycles. The van der Waals surface area contributed by atoms with E-state index < -0.39 is 0 Å². The fourth-order valence-corrected chi connectivity index (χ4v) is 1.66. The number of para-hydroxylation sites is 1. The van der Waals surface area contributed by atoms with Gasteiger partial charge >= 0.3 is 0 Å². The van der Waals surface area contributed by atoms with Crippen LogP contribution >= 0.6 is 11.9 Å². The van der Waals surface area contributed by atoms with Crippen LogP contribution in [0.4, 0.5) is 0 Å². The smallest absolute Gasteiger partial charge is 0.247 e. The molecule has 84 valence electrons. The number of benzene rings is 2. The van der Waals surface area contributed by atoms with Crippen molar-refractivity contribution in [3.63, 3.8) is 0 Å². The van der Waals surface area contributed by atoms with E-state index in [4.69, 9.17) is 4.74 Å². The Hall–Kier alpha value is -2.03. The topological polar surface area (TPSA) is 38.7 Å². The van der Waals surface area contributed by atoms with Gasteiger partial charge in [0.25, 0.3) is 0 Å². The maximum absolute atomic E-state index is 9.95. The molecule has 0 fully saturated rings. The fourth-order valence-electron chi connectivity index (χ4n) is 1.26. The minimum atomic E-state index is 0.746. The summed E-state index contributed by atoms with van der Waals surface area (Å²) in [5, 5.41) is 0. The van der Waals surface area contributed by atoms with E-state index in [0.717, 1.165) is 28.3 Å². The molecule has 0 unspecified atom stereocenters. The largest absolute Gasteiger partial charge is 0.457 e. The van der Waals surface area contributed by atoms with Gasteiger partial charge in [-0.1, -0.05) is 18.2 Å². The standard InChI is InChI=1S/C13H9NO2S/c15-10-14-17-13-8-6-12(7-9-13)16-11-4-2-1-3-5-11/h1-9H. The monoisotopic (exact) mass is 243 g/mol. The molecule has 0 N–H and O–H groups in total. The first-order valence-corrected chi connectivity index (χ1v) is 5.73. The lowest BCUT2D eigenvalue weighted by Crippen LogP contribution is -1.82. The molecule has 3 nitrogen and oxygen atoms in total. The number of ether oxygens (including phenoxy) is 1. The van der Waals surface area contributed by atoms with Crippen LogP contribution in [0.2, 0.25) is 0 Å². The first-order valence-electron chi connectivity index (χ1n) is 4.95. The lowest BCUT2D eigenvalue weighted by atomic mass is 10.3. The summed E-state index contributed by atoms with van der Waals surface area (Å²) in [5.74, 6) is 1.54. The Bertz CT molecular complexity index is 519. The van der Waals surface area contributed by atoms with Crippen molar-refractivity contribution in [2.75, 3.05) is 0 Å². The molecular formula is C13H9NO2S. The van der Waals surface area contributed by atoms with Crippen molar-refractivity contribution >= 4 is 18.0 Å². The van der Waals surface area contributed by atoms with Gasteiger partial charge in [0, 0.05) is 16.8 Å². The normalized spacial score (nSPS) is 9.41. The van der Waals surface area contributed by atoms with Crippen molar-refractivity contribution in [3.05, 3.63) is 54.6 Å². The molecular weight excluding hydrogens is 234 g/mol. The maximum atomic E-state index is 9.95. The Morgan fingerprint density at radius 1 is 0.941 bits per heavy atom. The van der Waals surface area contributed by atoms with E-state index in [-0.39, 0.29) is 0 Å². The zero-order valence-corrected chi connectivity index (χ0v) is 9.68. The van der Waals surface area contributed by atoms with Crippen molar-refractivity contribution in [1.82, 2.24) is 0 Å². The van der Waals surface area contributed by atoms with E-state index >= 15 is 0 Å². The average molecular weight is 243 g/mol. The molecule has 0 bridgehead atoms. The number of nitrogens with zero attached hydrogens (tertiary/aromatic N) is 1. The molecule has 0 amide bonds. The molecule has 2 aromatic rings. The summed E-state index contributed by atoms with van der Waals surface area (Å²) in [5.41, 5.74) is 0. The van der Waals surface area contributed by atoms with Gasteiger partial charge in [0.05, 0.1) is 0 Å². The van der Waals surface area contributed by atoms with Crippen LogP contribution in [0.25, 0.3) is 0 Å². The van der Waals surface area contributed by atoms with Crippen LogP contribution < -0.4 is 4.74 Å². The third-order valence-electron chi connectivity index (χ3n) is 1.99. The lowest BCUT2D eigenvalue weighted by Gasteiger charge is -2.05. The highest BCUT2D eigenvalue weighted by atomic mass is 32.2. The van der Waals surface area contributed by atoms with E-state index in [1.165, 1.54) is 6.08 Å². The molecule has 4 heteroatoms. The van der Waals surface area contributed by atoms with Gasteiger partial charge in [0.1, 0.15) is 11.5 Å². The Kier molecular flexibility index (Phi) is 3.97. The Morgan fingerprint density at radius 2 is 1.59 bits per heavy atom. The van der Waals surface area contributed by atoms with Crippen molar-refractivity contribution in [2.45, 2.75) is 4.90 Å². The fraction of sp³-hybridized carbons (Fsp3) is 0. The van der Waals surface area contributed by atoms with E-state index in [1.54, 1.807) is 0 Å². The van der Waals surface area contributed by atoms with Gasteiger partial charge in [-0.25, -0.2) is 4.79 Å². The predicted octanol–water partition coefficient (Wildman–Crippen LogP) is 3.82. The highest BCUT2D eigenvalue weighted by molar-refractivity contribution is 7.98. The summed E-state index contributed by atoms with van der Waals surface area (Å²) in [6.07, 6.45) is 1.48. The molecule has 17 heavy (non-hydrogen) atoms. The number of isocyanates is 1. The average Bonchev–Trinajstić information content (AvgIpc) is 2.39. The van der Waals surface area contributed by atoms with Gasteiger partial charge in [0.2, 0.25) is 6.08 Å². The SMILES string of the molecule is O=C=NSc1ccc(Oc2ccccc2)cc1. The highest BCUT2D eigenvalue weighted by Gasteiger charge is 1.97. The lowest BCUT2D eigenvalue weighted by molar-refractivity contribution is 0.482. The zero-order chi connectivity index (χ0) is 11.9. The minimum absolute atomic E-state index is 0.746. The molecule has 0 heterocycles. The van der Waals surface area contributed by atoms with Gasteiger partial charge in [-0.2, -0.15) is 0 Å². The molecule has 0 saturated heterocycles. The summed E-state index contributed by atoms with van der Waals surface area (Å²) < 4.78 is 9.05. The quantitative estimate of drug-likeness (QED) is 0.465. The van der Waals surface area contributed by atoms with Gasteiger partial charge in [-0.05, 0) is 36.4 Å². The molecule has 0 aliphatic carbocycles. The molecule has 0 radical (unpaired) electrons. The van der Waals surface area contributed by atoms with Crippen LogP contribution in [-0.4, -0.2) is 6.08 Å². The summed E-state index contributed by atoms with van der Waals surface area (Å²) in [4.78, 5) is 10.8. The van der Waals surface area contributed by atoms with E-state index in [2.05, 4.69) is 4.40 Å². The minimum Gasteiger partial charge on any atom is -0.457 e. The maximum Gasteiger partial charge on any atom is 0.247 e. The van der Waals surface area contributed by atoms with Gasteiger partial charge in [0.15, 0.2) is 0 Å². The second kappa shape index (κ2) is 5.89. The third kappa shape index (κ3) is 3.48. The molecule has 0 aliphatic rings. The number of hydrogen-bond donors (Lipinski definition) is 0. The molecule has 2 rings (SSSR count). The van der Waals surface area contributed by atoms with Crippen molar-refractivity contribution in [2.24, 2.45) is 4.40 Å². The van der Waals surface area contributed by atoms with Crippen molar-refractivity contribution < 1.29 is 9.53 Å². The Labute approximate surface area is 103 Å². The van der Waals surface area contributed by atoms with Crippen LogP contribution in [0.3, 0.4) is 0 Å². The van der Waals surface area contributed by atoms with E-state index in [9.17, 15) is 4.79 Å². The van der Waals surface area contributed by atoms with E-state index in [0.29, 0.717) is 0 Å². The van der Waals surface area contributed by atoms with Crippen molar-refractivity contribution in [3.8, 4) is 11.5 Å². The molecule has 0 spiro atoms. The number of carbonyl (C=O) groups excluding carboxylic acids is 1. The molecule has 0 atom stereocenters. The van der Waals surface area contributed by atoms with E-state index in [1.807, 2.05) is 54.6 Å². The Balaban J connectivity index is 2.05. The van der Waals surface area contributed by atoms with Crippen LogP contribution in [0.1, 0.15) is 0 Å². The predicted molar refractivity (Wildman–Crippen MR) is 66.9 cm³/mol. The van der Waals surface area contributed by atoms with Crippen LogP contribution in [0.5, 0.6) is 11.5 Å². The summed E-state index contributed by atoms with van der Waals surface area (Å²) >= 11 is 1.08.